The van der Waals surface area contributed by atoms with Crippen molar-refractivity contribution in [2.24, 2.45) is 0 Å². The second-order valence-corrected chi connectivity index (χ2v) is 6.75. The summed E-state index contributed by atoms with van der Waals surface area (Å²) in [5.74, 6) is 0.506. The Kier molecular flexibility index (Phi) is 4.89. The minimum atomic E-state index is -0.182. The molecule has 1 amide bonds. The van der Waals surface area contributed by atoms with Crippen LogP contribution in [0.15, 0.2) is 71.5 Å². The Morgan fingerprint density at radius 2 is 1.68 bits per heavy atom. The third-order valence-electron chi connectivity index (χ3n) is 4.96. The number of rotatable bonds is 5. The fourth-order valence-electron chi connectivity index (χ4n) is 3.49. The van der Waals surface area contributed by atoms with Crippen molar-refractivity contribution in [2.45, 2.75) is 19.9 Å². The number of nitrogens with zero attached hydrogens (tertiary/aromatic N) is 2. The van der Waals surface area contributed by atoms with Crippen molar-refractivity contribution in [3.63, 3.8) is 0 Å². The first-order chi connectivity index (χ1) is 13.7. The fraction of sp³-hybridized carbons (Fsp3) is 0.174. The standard InChI is InChI=1S/C23H21N3O2/c1-2-26(15-21-24-20-13-6-5-12-19(20)23(28)25-21)22(27)14-17-10-7-9-16-8-3-4-11-18(16)17/h3-13H,2,14-15H2,1H3,(H,24,25,28). The lowest BCUT2D eigenvalue weighted by atomic mass is 10.0. The zero-order valence-corrected chi connectivity index (χ0v) is 15.7. The maximum absolute atomic E-state index is 12.9. The van der Waals surface area contributed by atoms with Crippen LogP contribution in [0.2, 0.25) is 0 Å². The number of benzene rings is 3. The van der Waals surface area contributed by atoms with Crippen LogP contribution < -0.4 is 5.56 Å². The van der Waals surface area contributed by atoms with E-state index in [0.29, 0.717) is 29.7 Å². The normalized spacial score (nSPS) is 11.0. The van der Waals surface area contributed by atoms with E-state index in [1.54, 1.807) is 11.0 Å². The van der Waals surface area contributed by atoms with Gasteiger partial charge < -0.3 is 9.88 Å². The van der Waals surface area contributed by atoms with E-state index in [4.69, 9.17) is 0 Å². The molecule has 3 aromatic carbocycles. The summed E-state index contributed by atoms with van der Waals surface area (Å²) in [6, 6.07) is 21.3. The van der Waals surface area contributed by atoms with Crippen LogP contribution in [0.1, 0.15) is 18.3 Å². The quantitative estimate of drug-likeness (QED) is 0.582. The summed E-state index contributed by atoms with van der Waals surface area (Å²) in [6.45, 7) is 2.75. The van der Waals surface area contributed by atoms with Gasteiger partial charge in [-0.1, -0.05) is 54.6 Å². The minimum absolute atomic E-state index is 0.00895. The van der Waals surface area contributed by atoms with Crippen LogP contribution in [0.25, 0.3) is 21.7 Å². The van der Waals surface area contributed by atoms with E-state index in [0.717, 1.165) is 16.3 Å². The van der Waals surface area contributed by atoms with Gasteiger partial charge in [0.25, 0.3) is 5.56 Å². The van der Waals surface area contributed by atoms with Crippen molar-refractivity contribution in [1.29, 1.82) is 0 Å². The minimum Gasteiger partial charge on any atom is -0.335 e. The number of amides is 1. The molecule has 1 N–H and O–H groups in total. The average molecular weight is 371 g/mol. The molecule has 0 aliphatic carbocycles. The van der Waals surface area contributed by atoms with Crippen molar-refractivity contribution in [2.75, 3.05) is 6.54 Å². The number of hydrogen-bond donors (Lipinski definition) is 1. The highest BCUT2D eigenvalue weighted by Gasteiger charge is 2.16. The Morgan fingerprint density at radius 1 is 0.964 bits per heavy atom. The first kappa shape index (κ1) is 17.9. The lowest BCUT2D eigenvalue weighted by Crippen LogP contribution is -2.33. The van der Waals surface area contributed by atoms with Crippen molar-refractivity contribution < 1.29 is 4.79 Å². The molecule has 1 aromatic heterocycles. The van der Waals surface area contributed by atoms with Crippen LogP contribution >= 0.6 is 0 Å². The molecule has 0 atom stereocenters. The van der Waals surface area contributed by atoms with Crippen molar-refractivity contribution in [1.82, 2.24) is 14.9 Å². The van der Waals surface area contributed by atoms with Crippen molar-refractivity contribution in [3.8, 4) is 0 Å². The van der Waals surface area contributed by atoms with Crippen LogP contribution in [0.5, 0.6) is 0 Å². The molecule has 4 rings (SSSR count). The zero-order valence-electron chi connectivity index (χ0n) is 15.7. The molecule has 0 saturated carbocycles. The highest BCUT2D eigenvalue weighted by Crippen LogP contribution is 2.19. The number of para-hydroxylation sites is 1. The molecule has 4 aromatic rings. The number of aromatic nitrogens is 2. The van der Waals surface area contributed by atoms with Crippen LogP contribution in [-0.4, -0.2) is 27.3 Å². The highest BCUT2D eigenvalue weighted by molar-refractivity contribution is 5.90. The smallest absolute Gasteiger partial charge is 0.258 e. The SMILES string of the molecule is CCN(Cc1nc2ccccc2c(=O)[nH]1)C(=O)Cc1cccc2ccccc12. The predicted octanol–water partition coefficient (Wildman–Crippen LogP) is 3.67. The molecular weight excluding hydrogens is 350 g/mol. The number of fused-ring (bicyclic) bond motifs is 2. The molecule has 0 aliphatic rings. The van der Waals surface area contributed by atoms with E-state index in [2.05, 4.69) is 9.97 Å². The van der Waals surface area contributed by atoms with E-state index in [1.807, 2.05) is 67.6 Å². The lowest BCUT2D eigenvalue weighted by molar-refractivity contribution is -0.130. The Balaban J connectivity index is 1.58. The molecule has 0 radical (unpaired) electrons. The molecule has 5 heteroatoms. The van der Waals surface area contributed by atoms with Crippen LogP contribution in [-0.2, 0) is 17.8 Å². The lowest BCUT2D eigenvalue weighted by Gasteiger charge is -2.21. The van der Waals surface area contributed by atoms with Crippen molar-refractivity contribution >= 4 is 27.6 Å². The summed E-state index contributed by atoms with van der Waals surface area (Å²) in [5.41, 5.74) is 1.46. The molecule has 0 fully saturated rings. The summed E-state index contributed by atoms with van der Waals surface area (Å²) in [7, 11) is 0. The van der Waals surface area contributed by atoms with Crippen LogP contribution in [0.3, 0.4) is 0 Å². The highest BCUT2D eigenvalue weighted by atomic mass is 16.2. The second kappa shape index (κ2) is 7.64. The molecule has 0 bridgehead atoms. The first-order valence-corrected chi connectivity index (χ1v) is 9.38. The predicted molar refractivity (Wildman–Crippen MR) is 111 cm³/mol. The van der Waals surface area contributed by atoms with Crippen LogP contribution in [0, 0.1) is 0 Å². The average Bonchev–Trinajstić information content (AvgIpc) is 2.72. The monoisotopic (exact) mass is 371 g/mol. The summed E-state index contributed by atoms with van der Waals surface area (Å²) in [5, 5.41) is 2.76. The third-order valence-corrected chi connectivity index (χ3v) is 4.96. The van der Waals surface area contributed by atoms with Gasteiger partial charge in [0, 0.05) is 6.54 Å². The van der Waals surface area contributed by atoms with Gasteiger partial charge in [-0.05, 0) is 35.4 Å². The van der Waals surface area contributed by atoms with Gasteiger partial charge in [-0.15, -0.1) is 0 Å². The van der Waals surface area contributed by atoms with Gasteiger partial charge in [-0.25, -0.2) is 4.98 Å². The zero-order chi connectivity index (χ0) is 19.5. The van der Waals surface area contributed by atoms with Gasteiger partial charge in [0.2, 0.25) is 5.91 Å². The summed E-state index contributed by atoms with van der Waals surface area (Å²) in [4.78, 5) is 34.3. The molecule has 140 valence electrons. The molecule has 1 heterocycles. The third kappa shape index (κ3) is 3.51. The van der Waals surface area contributed by atoms with Gasteiger partial charge >= 0.3 is 0 Å². The van der Waals surface area contributed by atoms with E-state index in [1.165, 1.54) is 0 Å². The Bertz CT molecular complexity index is 1210. The van der Waals surface area contributed by atoms with Crippen molar-refractivity contribution in [3.05, 3.63) is 88.5 Å². The molecule has 5 nitrogen and oxygen atoms in total. The number of hydrogen-bond acceptors (Lipinski definition) is 3. The number of nitrogens with one attached hydrogen (secondary N) is 1. The van der Waals surface area contributed by atoms with E-state index in [-0.39, 0.29) is 18.0 Å². The molecule has 28 heavy (non-hydrogen) atoms. The molecular formula is C23H21N3O2. The Labute approximate surface area is 162 Å². The number of carbonyl (C=O) groups excluding carboxylic acids is 1. The van der Waals surface area contributed by atoms with Gasteiger partial charge in [0.1, 0.15) is 5.82 Å². The number of carbonyl (C=O) groups is 1. The maximum Gasteiger partial charge on any atom is 0.258 e. The number of H-pyrrole nitrogens is 1. The van der Waals surface area contributed by atoms with E-state index in [9.17, 15) is 9.59 Å². The summed E-state index contributed by atoms with van der Waals surface area (Å²) in [6.07, 6.45) is 0.313. The van der Waals surface area contributed by atoms with Crippen LogP contribution in [0.4, 0.5) is 0 Å². The van der Waals surface area contributed by atoms with Gasteiger partial charge in [-0.2, -0.15) is 0 Å². The summed E-state index contributed by atoms with van der Waals surface area (Å²) < 4.78 is 0. The molecule has 0 spiro atoms. The molecule has 0 unspecified atom stereocenters. The number of aromatic amines is 1. The fourth-order valence-corrected chi connectivity index (χ4v) is 3.49. The topological polar surface area (TPSA) is 66.1 Å². The largest absolute Gasteiger partial charge is 0.335 e. The maximum atomic E-state index is 12.9. The van der Waals surface area contributed by atoms with Gasteiger partial charge in [-0.3, -0.25) is 9.59 Å². The van der Waals surface area contributed by atoms with Gasteiger partial charge in [0.15, 0.2) is 0 Å². The van der Waals surface area contributed by atoms with E-state index >= 15 is 0 Å². The van der Waals surface area contributed by atoms with E-state index < -0.39 is 0 Å². The second-order valence-electron chi connectivity index (χ2n) is 6.75. The molecule has 0 saturated heterocycles. The summed E-state index contributed by atoms with van der Waals surface area (Å²) >= 11 is 0. The molecule has 0 aliphatic heterocycles. The number of likely N-dealkylation sites (N-methyl/N-ethyl adjacent to an activating group) is 1. The Morgan fingerprint density at radius 3 is 2.50 bits per heavy atom. The first-order valence-electron chi connectivity index (χ1n) is 9.38. The van der Waals surface area contributed by atoms with Gasteiger partial charge in [0.05, 0.1) is 23.9 Å². The Hall–Kier alpha value is -3.47.